The molecule has 140 valence electrons. The van der Waals surface area contributed by atoms with Crippen LogP contribution in [0.15, 0.2) is 5.16 Å². The molecule has 1 aliphatic rings. The van der Waals surface area contributed by atoms with Gasteiger partial charge in [-0.25, -0.2) is 4.68 Å². The number of aryl methyl sites for hydroxylation is 1. The molecule has 0 radical (unpaired) electrons. The van der Waals surface area contributed by atoms with E-state index in [-0.39, 0.29) is 23.1 Å². The lowest BCUT2D eigenvalue weighted by Crippen LogP contribution is -2.49. The van der Waals surface area contributed by atoms with Gasteiger partial charge in [0, 0.05) is 39.4 Å². The highest BCUT2D eigenvalue weighted by Crippen LogP contribution is 2.56. The molecule has 2 amide bonds. The Bertz CT molecular complexity index is 644. The van der Waals surface area contributed by atoms with Gasteiger partial charge in [-0.1, -0.05) is 32.5 Å². The van der Waals surface area contributed by atoms with E-state index in [1.165, 1.54) is 11.8 Å². The summed E-state index contributed by atoms with van der Waals surface area (Å²) in [6, 6.07) is 0. The van der Waals surface area contributed by atoms with Gasteiger partial charge in [0.05, 0.1) is 5.41 Å². The molecule has 0 aromatic carbocycles. The van der Waals surface area contributed by atoms with Crippen LogP contribution in [0.5, 0.6) is 0 Å². The highest BCUT2D eigenvalue weighted by atomic mass is 32.2. The normalized spacial score (nSPS) is 25.0. The highest BCUT2D eigenvalue weighted by molar-refractivity contribution is 7.99. The van der Waals surface area contributed by atoms with Crippen LogP contribution in [0.1, 0.15) is 33.6 Å². The van der Waals surface area contributed by atoms with Gasteiger partial charge in [0.1, 0.15) is 0 Å². The van der Waals surface area contributed by atoms with Gasteiger partial charge in [-0.3, -0.25) is 9.59 Å². The Morgan fingerprint density at radius 1 is 1.36 bits per heavy atom. The van der Waals surface area contributed by atoms with Crippen LogP contribution in [0.3, 0.4) is 0 Å². The van der Waals surface area contributed by atoms with Gasteiger partial charge in [0.25, 0.3) is 0 Å². The fourth-order valence-corrected chi connectivity index (χ4v) is 4.20. The lowest BCUT2D eigenvalue weighted by Gasteiger charge is -2.40. The molecule has 1 fully saturated rings. The van der Waals surface area contributed by atoms with Crippen LogP contribution in [-0.4, -0.2) is 63.3 Å². The maximum atomic E-state index is 12.9. The lowest BCUT2D eigenvalue weighted by atomic mass is 9.65. The molecule has 2 atom stereocenters. The van der Waals surface area contributed by atoms with Crippen LogP contribution in [0.4, 0.5) is 0 Å². The maximum Gasteiger partial charge on any atom is 0.226 e. The van der Waals surface area contributed by atoms with E-state index in [4.69, 9.17) is 0 Å². The van der Waals surface area contributed by atoms with Crippen molar-refractivity contribution in [1.82, 2.24) is 30.4 Å². The summed E-state index contributed by atoms with van der Waals surface area (Å²) >= 11 is 1.50. The van der Waals surface area contributed by atoms with E-state index in [1.807, 2.05) is 20.8 Å². The average molecular weight is 369 g/mol. The van der Waals surface area contributed by atoms with Crippen LogP contribution in [0.2, 0.25) is 0 Å². The maximum absolute atomic E-state index is 12.9. The number of aromatic nitrogens is 4. The van der Waals surface area contributed by atoms with Crippen molar-refractivity contribution in [2.45, 2.75) is 38.8 Å². The monoisotopic (exact) mass is 368 g/mol. The molecular weight excluding hydrogens is 340 g/mol. The number of carbonyl (C=O) groups is 2. The summed E-state index contributed by atoms with van der Waals surface area (Å²) in [5.74, 6) is 0.684. The van der Waals surface area contributed by atoms with Crippen LogP contribution in [0, 0.1) is 16.7 Å². The van der Waals surface area contributed by atoms with E-state index in [9.17, 15) is 9.59 Å². The summed E-state index contributed by atoms with van der Waals surface area (Å²) in [5.41, 5.74) is -0.945. The second kappa shape index (κ2) is 7.31. The number of thioether (sulfide) groups is 1. The molecule has 0 spiro atoms. The largest absolute Gasteiger partial charge is 0.355 e. The number of tetrazole rings is 1. The number of hydrogen-bond acceptors (Lipinski definition) is 6. The highest BCUT2D eigenvalue weighted by Gasteiger charge is 2.58. The zero-order chi connectivity index (χ0) is 18.8. The predicted molar refractivity (Wildman–Crippen MR) is 95.8 cm³/mol. The third kappa shape index (κ3) is 3.65. The second-order valence-corrected chi connectivity index (χ2v) is 8.63. The lowest BCUT2D eigenvalue weighted by molar-refractivity contribution is -0.142. The number of hydrogen-bond donors (Lipinski definition) is 1. The molecule has 1 aromatic heterocycles. The van der Waals surface area contributed by atoms with Crippen molar-refractivity contribution in [3.8, 4) is 0 Å². The van der Waals surface area contributed by atoms with Crippen molar-refractivity contribution in [2.75, 3.05) is 26.4 Å². The molecule has 2 rings (SSSR count). The Balaban J connectivity index is 1.94. The summed E-state index contributed by atoms with van der Waals surface area (Å²) in [6.45, 7) is 6.58. The number of nitrogens with one attached hydrogen (secondary N) is 1. The molecule has 1 aromatic rings. The third-order valence-corrected chi connectivity index (χ3v) is 6.68. The van der Waals surface area contributed by atoms with Gasteiger partial charge in [-0.2, -0.15) is 0 Å². The first kappa shape index (κ1) is 19.7. The molecule has 25 heavy (non-hydrogen) atoms. The third-order valence-electron chi connectivity index (χ3n) is 5.67. The summed E-state index contributed by atoms with van der Waals surface area (Å²) in [4.78, 5) is 26.9. The summed E-state index contributed by atoms with van der Waals surface area (Å²) in [5, 5.41) is 15.0. The molecule has 1 saturated carbocycles. The minimum atomic E-state index is -0.555. The number of carbonyl (C=O) groups excluding carboxylic acids is 2. The number of amides is 2. The van der Waals surface area contributed by atoms with Crippen molar-refractivity contribution in [3.63, 3.8) is 0 Å². The van der Waals surface area contributed by atoms with Gasteiger partial charge >= 0.3 is 0 Å². The minimum absolute atomic E-state index is 0.0169. The Morgan fingerprint density at radius 3 is 2.60 bits per heavy atom. The van der Waals surface area contributed by atoms with Gasteiger partial charge in [0.15, 0.2) is 0 Å². The van der Waals surface area contributed by atoms with Crippen molar-refractivity contribution < 1.29 is 9.59 Å². The van der Waals surface area contributed by atoms with Gasteiger partial charge in [-0.05, 0) is 28.7 Å². The summed E-state index contributed by atoms with van der Waals surface area (Å²) in [7, 11) is 5.32. The topological polar surface area (TPSA) is 93.0 Å². The molecule has 1 aliphatic carbocycles. The van der Waals surface area contributed by atoms with Crippen molar-refractivity contribution in [2.24, 2.45) is 23.8 Å². The molecule has 0 unspecified atom stereocenters. The zero-order valence-corrected chi connectivity index (χ0v) is 16.7. The minimum Gasteiger partial charge on any atom is -0.355 e. The molecule has 0 saturated heterocycles. The van der Waals surface area contributed by atoms with Crippen LogP contribution >= 0.6 is 11.8 Å². The first-order valence-corrected chi connectivity index (χ1v) is 9.44. The number of rotatable bonds is 6. The molecule has 1 N–H and O–H groups in total. The Kier molecular flexibility index (Phi) is 5.75. The standard InChI is InChI=1S/C16H28N6O2S/c1-15(2)11(12(23)21(4)5)7-8-16(15,3)13(24)17-9-10-25-14-18-19-20-22(14)6/h11H,7-10H2,1-6H3,(H,17,24)/t11-,16+/m0/s1. The molecule has 0 bridgehead atoms. The second-order valence-electron chi connectivity index (χ2n) is 7.57. The molecule has 9 heteroatoms. The fraction of sp³-hybridized carbons (Fsp3) is 0.812. The summed E-state index contributed by atoms with van der Waals surface area (Å²) < 4.78 is 1.60. The van der Waals surface area contributed by atoms with Crippen molar-refractivity contribution in [1.29, 1.82) is 0 Å². The average Bonchev–Trinajstić information content (AvgIpc) is 3.05. The van der Waals surface area contributed by atoms with Crippen LogP contribution < -0.4 is 5.32 Å². The Morgan fingerprint density at radius 2 is 2.04 bits per heavy atom. The number of nitrogens with zero attached hydrogens (tertiary/aromatic N) is 5. The van der Waals surface area contributed by atoms with E-state index < -0.39 is 5.41 Å². The molecule has 8 nitrogen and oxygen atoms in total. The fourth-order valence-electron chi connectivity index (χ4n) is 3.50. The van der Waals surface area contributed by atoms with Crippen LogP contribution in [-0.2, 0) is 16.6 Å². The van der Waals surface area contributed by atoms with E-state index >= 15 is 0 Å². The Hall–Kier alpha value is -1.64. The smallest absolute Gasteiger partial charge is 0.226 e. The van der Waals surface area contributed by atoms with Gasteiger partial charge < -0.3 is 10.2 Å². The molecular formula is C16H28N6O2S. The summed E-state index contributed by atoms with van der Waals surface area (Å²) in [6.07, 6.45) is 1.46. The van der Waals surface area contributed by atoms with Gasteiger partial charge in [0.2, 0.25) is 17.0 Å². The predicted octanol–water partition coefficient (Wildman–Crippen LogP) is 0.949. The van der Waals surface area contributed by atoms with Crippen molar-refractivity contribution >= 4 is 23.6 Å². The van der Waals surface area contributed by atoms with E-state index in [2.05, 4.69) is 20.8 Å². The SMILES string of the molecule is CN(C)C(=O)[C@@H]1CC[C@](C)(C(=O)NCCSc2nnnn2C)C1(C)C. The van der Waals surface area contributed by atoms with E-state index in [0.29, 0.717) is 12.3 Å². The quantitative estimate of drug-likeness (QED) is 0.594. The molecule has 1 heterocycles. The molecule has 0 aliphatic heterocycles. The van der Waals surface area contributed by atoms with Gasteiger partial charge in [-0.15, -0.1) is 5.10 Å². The van der Waals surface area contributed by atoms with Crippen LogP contribution in [0.25, 0.3) is 0 Å². The van der Waals surface area contributed by atoms with E-state index in [1.54, 1.807) is 30.7 Å². The van der Waals surface area contributed by atoms with E-state index in [0.717, 1.165) is 18.0 Å². The first-order valence-electron chi connectivity index (χ1n) is 8.46. The first-order chi connectivity index (χ1) is 11.6. The zero-order valence-electron chi connectivity index (χ0n) is 15.9. The van der Waals surface area contributed by atoms with Crippen molar-refractivity contribution in [3.05, 3.63) is 0 Å². The Labute approximate surface area is 153 Å².